The summed E-state index contributed by atoms with van der Waals surface area (Å²) in [5.41, 5.74) is 5.28. The molecule has 3 nitrogen and oxygen atoms in total. The molecule has 0 atom stereocenters. The molecule has 2 rings (SSSR count). The van der Waals surface area contributed by atoms with Gasteiger partial charge >= 0.3 is 6.18 Å². The molecule has 0 unspecified atom stereocenters. The van der Waals surface area contributed by atoms with Gasteiger partial charge < -0.3 is 5.73 Å². The molecule has 2 aromatic heterocycles. The van der Waals surface area contributed by atoms with Crippen LogP contribution >= 0.6 is 0 Å². The van der Waals surface area contributed by atoms with E-state index >= 15 is 0 Å². The zero-order valence-corrected chi connectivity index (χ0v) is 9.58. The Balaban J connectivity index is 2.37. The van der Waals surface area contributed by atoms with Gasteiger partial charge in [-0.3, -0.25) is 9.97 Å². The minimum atomic E-state index is -4.49. The van der Waals surface area contributed by atoms with Crippen molar-refractivity contribution in [3.05, 3.63) is 47.7 Å². The quantitative estimate of drug-likeness (QED) is 0.854. The van der Waals surface area contributed by atoms with Crippen molar-refractivity contribution in [3.63, 3.8) is 0 Å². The number of nitrogens with two attached hydrogens (primary N) is 1. The van der Waals surface area contributed by atoms with E-state index in [9.17, 15) is 17.6 Å². The highest BCUT2D eigenvalue weighted by molar-refractivity contribution is 5.58. The Morgan fingerprint density at radius 2 is 1.84 bits per heavy atom. The molecule has 0 saturated heterocycles. The van der Waals surface area contributed by atoms with Gasteiger partial charge in [-0.05, 0) is 18.2 Å². The molecular weight excluding hydrogens is 262 g/mol. The van der Waals surface area contributed by atoms with Crippen LogP contribution in [0.3, 0.4) is 0 Å². The summed E-state index contributed by atoms with van der Waals surface area (Å²) < 4.78 is 50.2. The normalized spacial score (nSPS) is 11.6. The number of hydrogen-bond acceptors (Lipinski definition) is 3. The molecule has 2 aromatic rings. The van der Waals surface area contributed by atoms with Gasteiger partial charge in [-0.25, -0.2) is 4.39 Å². The molecule has 0 saturated carbocycles. The molecule has 19 heavy (non-hydrogen) atoms. The average Bonchev–Trinajstić information content (AvgIpc) is 2.38. The molecule has 0 fully saturated rings. The second-order valence-corrected chi connectivity index (χ2v) is 3.79. The fraction of sp³-hybridized carbons (Fsp3) is 0.167. The summed E-state index contributed by atoms with van der Waals surface area (Å²) in [6.45, 7) is -0.0184. The summed E-state index contributed by atoms with van der Waals surface area (Å²) >= 11 is 0. The Bertz CT molecular complexity index is 579. The first-order chi connectivity index (χ1) is 8.91. The third-order valence-electron chi connectivity index (χ3n) is 2.50. The van der Waals surface area contributed by atoms with Crippen molar-refractivity contribution < 1.29 is 17.6 Å². The van der Waals surface area contributed by atoms with Crippen LogP contribution in [-0.4, -0.2) is 9.97 Å². The van der Waals surface area contributed by atoms with Gasteiger partial charge in [0, 0.05) is 23.9 Å². The predicted octanol–water partition coefficient (Wildman–Crippen LogP) is 2.76. The van der Waals surface area contributed by atoms with E-state index in [1.165, 1.54) is 12.1 Å². The summed E-state index contributed by atoms with van der Waals surface area (Å²) in [5.74, 6) is -0.550. The molecule has 7 heteroatoms. The number of nitrogens with zero attached hydrogens (tertiary/aromatic N) is 2. The van der Waals surface area contributed by atoms with Gasteiger partial charge in [-0.1, -0.05) is 0 Å². The molecule has 2 heterocycles. The van der Waals surface area contributed by atoms with Gasteiger partial charge in [0.1, 0.15) is 11.5 Å². The Kier molecular flexibility index (Phi) is 3.48. The van der Waals surface area contributed by atoms with Gasteiger partial charge in [0.2, 0.25) is 0 Å². The molecular formula is C12H9F4N3. The van der Waals surface area contributed by atoms with Crippen molar-refractivity contribution in [2.24, 2.45) is 5.73 Å². The number of pyridine rings is 2. The van der Waals surface area contributed by atoms with Crippen LogP contribution in [0, 0.1) is 5.82 Å². The summed E-state index contributed by atoms with van der Waals surface area (Å²) in [6.07, 6.45) is -2.46. The second-order valence-electron chi connectivity index (χ2n) is 3.79. The lowest BCUT2D eigenvalue weighted by molar-refractivity contribution is -0.141. The number of alkyl halides is 3. The van der Waals surface area contributed by atoms with E-state index in [2.05, 4.69) is 9.97 Å². The molecule has 2 N–H and O–H groups in total. The van der Waals surface area contributed by atoms with Gasteiger partial charge in [0.15, 0.2) is 0 Å². The van der Waals surface area contributed by atoms with Crippen LogP contribution in [0.2, 0.25) is 0 Å². The molecule has 0 bridgehead atoms. The molecule has 0 aliphatic heterocycles. The van der Waals surface area contributed by atoms with Crippen LogP contribution in [0.5, 0.6) is 0 Å². The standard InChI is InChI=1S/C12H9F4N3/c13-9-6-18-10(3-8(9)4-17)7-1-2-11(19-5-7)12(14,15)16/h1-3,5-6H,4,17H2. The Labute approximate surface area is 106 Å². The lowest BCUT2D eigenvalue weighted by atomic mass is 10.1. The summed E-state index contributed by atoms with van der Waals surface area (Å²) in [4.78, 5) is 7.11. The molecule has 0 aliphatic rings. The third kappa shape index (κ3) is 2.87. The lowest BCUT2D eigenvalue weighted by Gasteiger charge is -2.07. The zero-order chi connectivity index (χ0) is 14.0. The highest BCUT2D eigenvalue weighted by Gasteiger charge is 2.32. The fourth-order valence-corrected chi connectivity index (χ4v) is 1.51. The first-order valence-corrected chi connectivity index (χ1v) is 5.30. The van der Waals surface area contributed by atoms with Crippen molar-refractivity contribution in [2.75, 3.05) is 0 Å². The summed E-state index contributed by atoms with van der Waals surface area (Å²) in [5, 5.41) is 0. The first-order valence-electron chi connectivity index (χ1n) is 5.30. The smallest absolute Gasteiger partial charge is 0.326 e. The molecule has 0 radical (unpaired) electrons. The molecule has 0 aromatic carbocycles. The highest BCUT2D eigenvalue weighted by atomic mass is 19.4. The highest BCUT2D eigenvalue weighted by Crippen LogP contribution is 2.28. The van der Waals surface area contributed by atoms with E-state index in [0.29, 0.717) is 11.3 Å². The maximum absolute atomic E-state index is 13.2. The molecule has 0 spiro atoms. The maximum atomic E-state index is 13.2. The van der Waals surface area contributed by atoms with Gasteiger partial charge in [-0.15, -0.1) is 0 Å². The summed E-state index contributed by atoms with van der Waals surface area (Å²) in [6, 6.07) is 3.47. The zero-order valence-electron chi connectivity index (χ0n) is 9.58. The van der Waals surface area contributed by atoms with Gasteiger partial charge in [0.05, 0.1) is 11.9 Å². The fourth-order valence-electron chi connectivity index (χ4n) is 1.51. The van der Waals surface area contributed by atoms with E-state index in [-0.39, 0.29) is 12.1 Å². The van der Waals surface area contributed by atoms with Crippen LogP contribution in [0.15, 0.2) is 30.6 Å². The van der Waals surface area contributed by atoms with E-state index < -0.39 is 17.7 Å². The minimum absolute atomic E-state index is 0.0184. The molecule has 0 amide bonds. The largest absolute Gasteiger partial charge is 0.433 e. The van der Waals surface area contributed by atoms with Crippen LogP contribution in [0.1, 0.15) is 11.3 Å². The minimum Gasteiger partial charge on any atom is -0.326 e. The van der Waals surface area contributed by atoms with Crippen molar-refractivity contribution in [2.45, 2.75) is 12.7 Å². The monoisotopic (exact) mass is 271 g/mol. The SMILES string of the molecule is NCc1cc(-c2ccc(C(F)(F)F)nc2)ncc1F. The Morgan fingerprint density at radius 1 is 1.11 bits per heavy atom. The second kappa shape index (κ2) is 4.93. The Hall–Kier alpha value is -2.02. The molecule has 100 valence electrons. The first kappa shape index (κ1) is 13.4. The predicted molar refractivity (Wildman–Crippen MR) is 60.3 cm³/mol. The number of aromatic nitrogens is 2. The lowest BCUT2D eigenvalue weighted by Crippen LogP contribution is -2.07. The number of halogens is 4. The summed E-state index contributed by atoms with van der Waals surface area (Å²) in [7, 11) is 0. The molecule has 0 aliphatic carbocycles. The average molecular weight is 271 g/mol. The topological polar surface area (TPSA) is 51.8 Å². The van der Waals surface area contributed by atoms with Crippen molar-refractivity contribution in [3.8, 4) is 11.3 Å². The van der Waals surface area contributed by atoms with E-state index in [1.54, 1.807) is 0 Å². The van der Waals surface area contributed by atoms with Crippen molar-refractivity contribution in [1.82, 2.24) is 9.97 Å². The van der Waals surface area contributed by atoms with Gasteiger partial charge in [0.25, 0.3) is 0 Å². The third-order valence-corrected chi connectivity index (χ3v) is 2.50. The van der Waals surface area contributed by atoms with E-state index in [1.807, 2.05) is 0 Å². The van der Waals surface area contributed by atoms with Crippen LogP contribution in [0.4, 0.5) is 17.6 Å². The van der Waals surface area contributed by atoms with Crippen LogP contribution < -0.4 is 5.73 Å². The number of hydrogen-bond donors (Lipinski definition) is 1. The van der Waals surface area contributed by atoms with E-state index in [4.69, 9.17) is 5.73 Å². The Morgan fingerprint density at radius 3 is 2.37 bits per heavy atom. The maximum Gasteiger partial charge on any atom is 0.433 e. The van der Waals surface area contributed by atoms with Crippen molar-refractivity contribution >= 4 is 0 Å². The van der Waals surface area contributed by atoms with E-state index in [0.717, 1.165) is 18.5 Å². The van der Waals surface area contributed by atoms with Crippen molar-refractivity contribution in [1.29, 1.82) is 0 Å². The number of rotatable bonds is 2. The van der Waals surface area contributed by atoms with Crippen LogP contribution in [-0.2, 0) is 12.7 Å². The van der Waals surface area contributed by atoms with Gasteiger partial charge in [-0.2, -0.15) is 13.2 Å². The van der Waals surface area contributed by atoms with Crippen LogP contribution in [0.25, 0.3) is 11.3 Å².